The molecule has 1 aromatic carbocycles. The monoisotopic (exact) mass is 313 g/mol. The van der Waals surface area contributed by atoms with E-state index in [1.54, 1.807) is 17.0 Å². The van der Waals surface area contributed by atoms with Crippen molar-refractivity contribution in [2.75, 3.05) is 6.54 Å². The van der Waals surface area contributed by atoms with Crippen LogP contribution in [0.1, 0.15) is 37.0 Å². The van der Waals surface area contributed by atoms with Gasteiger partial charge in [-0.3, -0.25) is 4.79 Å². The Labute approximate surface area is 115 Å². The number of halogens is 2. The molecule has 1 heterocycles. The van der Waals surface area contributed by atoms with Crippen molar-refractivity contribution in [2.45, 2.75) is 32.7 Å². The van der Waals surface area contributed by atoms with E-state index < -0.39 is 5.82 Å². The van der Waals surface area contributed by atoms with E-state index in [4.69, 9.17) is 0 Å². The number of piperidine rings is 1. The molecule has 2 atom stereocenters. The van der Waals surface area contributed by atoms with E-state index in [1.807, 2.05) is 6.92 Å². The number of nitrogens with zero attached hydrogens (tertiary/aromatic N) is 1. The predicted octanol–water partition coefficient (Wildman–Crippen LogP) is 3.85. The molecule has 2 nitrogen and oxygen atoms in total. The molecule has 18 heavy (non-hydrogen) atoms. The largest absolute Gasteiger partial charge is 0.336 e. The van der Waals surface area contributed by atoms with Gasteiger partial charge in [-0.25, -0.2) is 4.39 Å². The maximum atomic E-state index is 13.8. The SMILES string of the molecule is CC1CCC(C)N(C(=O)c2ccc(Br)cc2F)C1. The van der Waals surface area contributed by atoms with Gasteiger partial charge in [-0.1, -0.05) is 22.9 Å². The first-order valence-corrected chi connectivity index (χ1v) is 7.04. The number of rotatable bonds is 1. The van der Waals surface area contributed by atoms with Gasteiger partial charge in [-0.05, 0) is 43.9 Å². The molecule has 0 aliphatic carbocycles. The first kappa shape index (κ1) is 13.5. The summed E-state index contributed by atoms with van der Waals surface area (Å²) in [5.74, 6) is -0.164. The maximum absolute atomic E-state index is 13.8. The van der Waals surface area contributed by atoms with E-state index in [1.165, 1.54) is 6.07 Å². The Hall–Kier alpha value is -0.900. The Bertz CT molecular complexity index is 463. The number of amides is 1. The van der Waals surface area contributed by atoms with Crippen LogP contribution in [-0.2, 0) is 0 Å². The lowest BCUT2D eigenvalue weighted by Crippen LogP contribution is -2.45. The number of hydrogen-bond acceptors (Lipinski definition) is 1. The van der Waals surface area contributed by atoms with Crippen molar-refractivity contribution in [3.05, 3.63) is 34.1 Å². The molecule has 0 spiro atoms. The van der Waals surface area contributed by atoms with Gasteiger partial charge in [-0.15, -0.1) is 0 Å². The van der Waals surface area contributed by atoms with Crippen LogP contribution in [0.25, 0.3) is 0 Å². The van der Waals surface area contributed by atoms with Gasteiger partial charge in [-0.2, -0.15) is 0 Å². The van der Waals surface area contributed by atoms with Crippen LogP contribution in [0.15, 0.2) is 22.7 Å². The summed E-state index contributed by atoms with van der Waals surface area (Å²) in [6.45, 7) is 4.88. The molecule has 1 aliphatic heterocycles. The van der Waals surface area contributed by atoms with Gasteiger partial charge < -0.3 is 4.90 Å². The average Bonchev–Trinajstić information content (AvgIpc) is 2.31. The van der Waals surface area contributed by atoms with Crippen molar-refractivity contribution in [2.24, 2.45) is 5.92 Å². The molecular weight excluding hydrogens is 297 g/mol. The fraction of sp³-hybridized carbons (Fsp3) is 0.500. The molecule has 0 aromatic heterocycles. The Morgan fingerprint density at radius 2 is 2.11 bits per heavy atom. The van der Waals surface area contributed by atoms with Gasteiger partial charge in [0.15, 0.2) is 0 Å². The van der Waals surface area contributed by atoms with Crippen molar-refractivity contribution < 1.29 is 9.18 Å². The molecule has 2 rings (SSSR count). The zero-order chi connectivity index (χ0) is 13.3. The fourth-order valence-electron chi connectivity index (χ4n) is 2.39. The second kappa shape index (κ2) is 5.39. The Morgan fingerprint density at radius 3 is 2.78 bits per heavy atom. The quantitative estimate of drug-likeness (QED) is 0.771. The minimum absolute atomic E-state index is 0.166. The normalized spacial score (nSPS) is 24.1. The van der Waals surface area contributed by atoms with Crippen LogP contribution in [0, 0.1) is 11.7 Å². The van der Waals surface area contributed by atoms with Crippen molar-refractivity contribution in [3.8, 4) is 0 Å². The summed E-state index contributed by atoms with van der Waals surface area (Å²) >= 11 is 3.20. The summed E-state index contributed by atoms with van der Waals surface area (Å²) in [5, 5.41) is 0. The first-order valence-electron chi connectivity index (χ1n) is 6.25. The molecule has 1 aromatic rings. The smallest absolute Gasteiger partial charge is 0.257 e. The average molecular weight is 314 g/mol. The highest BCUT2D eigenvalue weighted by atomic mass is 79.9. The van der Waals surface area contributed by atoms with Crippen LogP contribution >= 0.6 is 15.9 Å². The summed E-state index contributed by atoms with van der Waals surface area (Å²) in [7, 11) is 0. The highest BCUT2D eigenvalue weighted by Crippen LogP contribution is 2.24. The Morgan fingerprint density at radius 1 is 1.39 bits per heavy atom. The van der Waals surface area contributed by atoms with Crippen molar-refractivity contribution in [3.63, 3.8) is 0 Å². The van der Waals surface area contributed by atoms with Gasteiger partial charge in [0.2, 0.25) is 0 Å². The van der Waals surface area contributed by atoms with E-state index in [0.29, 0.717) is 10.4 Å². The van der Waals surface area contributed by atoms with E-state index >= 15 is 0 Å². The van der Waals surface area contributed by atoms with Gasteiger partial charge >= 0.3 is 0 Å². The molecule has 1 aliphatic rings. The second-order valence-electron chi connectivity index (χ2n) is 5.11. The molecule has 0 saturated carbocycles. The standard InChI is InChI=1S/C14H17BrFNO/c1-9-3-4-10(2)17(8-9)14(18)12-6-5-11(15)7-13(12)16/h5-7,9-10H,3-4,8H2,1-2H3. The van der Waals surface area contributed by atoms with Crippen LogP contribution < -0.4 is 0 Å². The summed E-state index contributed by atoms with van der Waals surface area (Å²) in [6.07, 6.45) is 2.12. The van der Waals surface area contributed by atoms with Crippen molar-refractivity contribution in [1.82, 2.24) is 4.90 Å². The van der Waals surface area contributed by atoms with Crippen LogP contribution in [0.2, 0.25) is 0 Å². The minimum Gasteiger partial charge on any atom is -0.336 e. The molecule has 4 heteroatoms. The lowest BCUT2D eigenvalue weighted by Gasteiger charge is -2.36. The van der Waals surface area contributed by atoms with E-state index in [9.17, 15) is 9.18 Å². The topological polar surface area (TPSA) is 20.3 Å². The number of hydrogen-bond donors (Lipinski definition) is 0. The van der Waals surface area contributed by atoms with Gasteiger partial charge in [0, 0.05) is 17.1 Å². The molecule has 0 N–H and O–H groups in total. The molecule has 1 saturated heterocycles. The highest BCUT2D eigenvalue weighted by molar-refractivity contribution is 9.10. The molecule has 98 valence electrons. The molecule has 0 bridgehead atoms. The fourth-order valence-corrected chi connectivity index (χ4v) is 2.72. The maximum Gasteiger partial charge on any atom is 0.257 e. The number of carbonyl (C=O) groups is 1. The lowest BCUT2D eigenvalue weighted by atomic mass is 9.94. The minimum atomic E-state index is -0.459. The summed E-state index contributed by atoms with van der Waals surface area (Å²) in [6, 6.07) is 4.78. The third kappa shape index (κ3) is 2.74. The van der Waals surface area contributed by atoms with E-state index in [-0.39, 0.29) is 17.5 Å². The number of carbonyl (C=O) groups excluding carboxylic acids is 1. The molecule has 1 fully saturated rings. The van der Waals surface area contributed by atoms with Crippen molar-refractivity contribution in [1.29, 1.82) is 0 Å². The lowest BCUT2D eigenvalue weighted by molar-refractivity contribution is 0.0569. The molecule has 2 unspecified atom stereocenters. The third-order valence-corrected chi connectivity index (χ3v) is 4.03. The van der Waals surface area contributed by atoms with E-state index in [0.717, 1.165) is 19.4 Å². The first-order chi connectivity index (χ1) is 8.49. The zero-order valence-electron chi connectivity index (χ0n) is 10.6. The van der Waals surface area contributed by atoms with Gasteiger partial charge in [0.25, 0.3) is 5.91 Å². The summed E-state index contributed by atoms with van der Waals surface area (Å²) < 4.78 is 14.5. The predicted molar refractivity (Wildman–Crippen MR) is 73.0 cm³/mol. The summed E-state index contributed by atoms with van der Waals surface area (Å²) in [4.78, 5) is 14.2. The van der Waals surface area contributed by atoms with Crippen LogP contribution in [-0.4, -0.2) is 23.4 Å². The van der Waals surface area contributed by atoms with Crippen molar-refractivity contribution >= 4 is 21.8 Å². The van der Waals surface area contributed by atoms with Crippen LogP contribution in [0.3, 0.4) is 0 Å². The summed E-state index contributed by atoms with van der Waals surface area (Å²) in [5.41, 5.74) is 0.166. The highest BCUT2D eigenvalue weighted by Gasteiger charge is 2.28. The second-order valence-corrected chi connectivity index (χ2v) is 6.03. The number of likely N-dealkylation sites (tertiary alicyclic amines) is 1. The van der Waals surface area contributed by atoms with Gasteiger partial charge in [0.05, 0.1) is 5.56 Å². The zero-order valence-corrected chi connectivity index (χ0v) is 12.2. The molecular formula is C14H17BrFNO. The van der Waals surface area contributed by atoms with E-state index in [2.05, 4.69) is 22.9 Å². The molecule has 1 amide bonds. The Kier molecular flexibility index (Phi) is 4.05. The van der Waals surface area contributed by atoms with Gasteiger partial charge in [0.1, 0.15) is 5.82 Å². The Balaban J connectivity index is 2.24. The van der Waals surface area contributed by atoms with Crippen LogP contribution in [0.5, 0.6) is 0 Å². The molecule has 0 radical (unpaired) electrons. The van der Waals surface area contributed by atoms with Crippen LogP contribution in [0.4, 0.5) is 4.39 Å². The number of benzene rings is 1. The third-order valence-electron chi connectivity index (χ3n) is 3.54.